The molecule has 1 atom stereocenters. The Morgan fingerprint density at radius 3 is 2.71 bits per heavy atom. The minimum absolute atomic E-state index is 0.0844. The first kappa shape index (κ1) is 12.8. The third-order valence-corrected chi connectivity index (χ3v) is 4.88. The molecular formula is C14H16BrNS. The highest BCUT2D eigenvalue weighted by atomic mass is 79.9. The molecule has 0 saturated heterocycles. The molecule has 0 bridgehead atoms. The summed E-state index contributed by atoms with van der Waals surface area (Å²) in [4.78, 5) is 1.32. The van der Waals surface area contributed by atoms with E-state index in [4.69, 9.17) is 5.73 Å². The molecule has 0 spiro atoms. The average molecular weight is 310 g/mol. The number of nitrogens with two attached hydrogens (primary N) is 1. The van der Waals surface area contributed by atoms with Crippen LogP contribution < -0.4 is 5.73 Å². The molecular weight excluding hydrogens is 294 g/mol. The molecule has 1 aromatic heterocycles. The van der Waals surface area contributed by atoms with Gasteiger partial charge in [-0.1, -0.05) is 31.2 Å². The van der Waals surface area contributed by atoms with Crippen molar-refractivity contribution >= 4 is 27.3 Å². The molecule has 1 heterocycles. The minimum Gasteiger partial charge on any atom is -0.324 e. The van der Waals surface area contributed by atoms with Gasteiger partial charge in [-0.25, -0.2) is 0 Å². The van der Waals surface area contributed by atoms with E-state index in [2.05, 4.69) is 58.6 Å². The SMILES string of the molecule is CCc1ccccc1C(N)Cc1sccc1Br. The maximum absolute atomic E-state index is 6.32. The number of thiophene rings is 1. The van der Waals surface area contributed by atoms with Crippen molar-refractivity contribution in [3.05, 3.63) is 56.2 Å². The number of hydrogen-bond acceptors (Lipinski definition) is 2. The lowest BCUT2D eigenvalue weighted by atomic mass is 9.97. The summed E-state index contributed by atoms with van der Waals surface area (Å²) < 4.78 is 1.17. The Hall–Kier alpha value is -0.640. The molecule has 0 radical (unpaired) electrons. The summed E-state index contributed by atoms with van der Waals surface area (Å²) in [7, 11) is 0. The van der Waals surface area contributed by atoms with Crippen LogP contribution >= 0.6 is 27.3 Å². The molecule has 0 aliphatic rings. The second kappa shape index (κ2) is 5.80. The lowest BCUT2D eigenvalue weighted by molar-refractivity contribution is 0.718. The van der Waals surface area contributed by atoms with Crippen molar-refractivity contribution < 1.29 is 0 Å². The summed E-state index contributed by atoms with van der Waals surface area (Å²) in [5.41, 5.74) is 8.95. The molecule has 90 valence electrons. The van der Waals surface area contributed by atoms with Crippen LogP contribution in [0.5, 0.6) is 0 Å². The Labute approximate surface area is 115 Å². The quantitative estimate of drug-likeness (QED) is 0.894. The number of rotatable bonds is 4. The Morgan fingerprint density at radius 2 is 2.06 bits per heavy atom. The van der Waals surface area contributed by atoms with Crippen LogP contribution in [0.1, 0.15) is 29.0 Å². The van der Waals surface area contributed by atoms with Gasteiger partial charge in [0.25, 0.3) is 0 Å². The number of hydrogen-bond donors (Lipinski definition) is 1. The zero-order valence-electron chi connectivity index (χ0n) is 9.82. The predicted molar refractivity (Wildman–Crippen MR) is 78.5 cm³/mol. The van der Waals surface area contributed by atoms with Crippen LogP contribution in [0.25, 0.3) is 0 Å². The smallest absolute Gasteiger partial charge is 0.0346 e. The predicted octanol–water partition coefficient (Wildman–Crippen LogP) is 4.32. The monoisotopic (exact) mass is 309 g/mol. The van der Waals surface area contributed by atoms with Gasteiger partial charge in [-0.2, -0.15) is 0 Å². The van der Waals surface area contributed by atoms with E-state index in [-0.39, 0.29) is 6.04 Å². The molecule has 0 aliphatic heterocycles. The molecule has 1 unspecified atom stereocenters. The highest BCUT2D eigenvalue weighted by Crippen LogP contribution is 2.28. The molecule has 0 amide bonds. The van der Waals surface area contributed by atoms with Gasteiger partial charge in [0.1, 0.15) is 0 Å². The largest absolute Gasteiger partial charge is 0.324 e. The molecule has 17 heavy (non-hydrogen) atoms. The van der Waals surface area contributed by atoms with Crippen molar-refractivity contribution in [1.82, 2.24) is 0 Å². The maximum Gasteiger partial charge on any atom is 0.0346 e. The summed E-state index contributed by atoms with van der Waals surface area (Å²) in [6, 6.07) is 10.6. The maximum atomic E-state index is 6.32. The van der Waals surface area contributed by atoms with Crippen molar-refractivity contribution in [3.63, 3.8) is 0 Å². The zero-order chi connectivity index (χ0) is 12.3. The fourth-order valence-electron chi connectivity index (χ4n) is 2.00. The van der Waals surface area contributed by atoms with Gasteiger partial charge >= 0.3 is 0 Å². The van der Waals surface area contributed by atoms with E-state index in [1.54, 1.807) is 11.3 Å². The first-order valence-corrected chi connectivity index (χ1v) is 7.45. The molecule has 0 saturated carbocycles. The lowest BCUT2D eigenvalue weighted by Gasteiger charge is -2.15. The summed E-state index contributed by atoms with van der Waals surface area (Å²) in [5.74, 6) is 0. The summed E-state index contributed by atoms with van der Waals surface area (Å²) in [6.45, 7) is 2.17. The summed E-state index contributed by atoms with van der Waals surface area (Å²) in [6.07, 6.45) is 1.94. The van der Waals surface area contributed by atoms with Gasteiger partial charge in [-0.05, 0) is 44.9 Å². The van der Waals surface area contributed by atoms with Crippen molar-refractivity contribution in [2.24, 2.45) is 5.73 Å². The van der Waals surface area contributed by atoms with Crippen molar-refractivity contribution in [2.75, 3.05) is 0 Å². The van der Waals surface area contributed by atoms with Gasteiger partial charge in [0.15, 0.2) is 0 Å². The van der Waals surface area contributed by atoms with Gasteiger partial charge in [-0.15, -0.1) is 11.3 Å². The highest BCUT2D eigenvalue weighted by Gasteiger charge is 2.12. The van der Waals surface area contributed by atoms with E-state index in [1.165, 1.54) is 20.5 Å². The number of benzene rings is 1. The van der Waals surface area contributed by atoms with Crippen LogP contribution in [0, 0.1) is 0 Å². The zero-order valence-corrected chi connectivity index (χ0v) is 12.2. The lowest BCUT2D eigenvalue weighted by Crippen LogP contribution is -2.14. The van der Waals surface area contributed by atoms with Gasteiger partial charge in [0.2, 0.25) is 0 Å². The fraction of sp³-hybridized carbons (Fsp3) is 0.286. The summed E-state index contributed by atoms with van der Waals surface area (Å²) >= 11 is 5.32. The highest BCUT2D eigenvalue weighted by molar-refractivity contribution is 9.10. The molecule has 1 aromatic carbocycles. The minimum atomic E-state index is 0.0844. The van der Waals surface area contributed by atoms with E-state index in [0.29, 0.717) is 0 Å². The van der Waals surface area contributed by atoms with Crippen molar-refractivity contribution in [1.29, 1.82) is 0 Å². The molecule has 3 heteroatoms. The van der Waals surface area contributed by atoms with Crippen LogP contribution in [0.3, 0.4) is 0 Å². The van der Waals surface area contributed by atoms with Crippen LogP contribution in [-0.4, -0.2) is 0 Å². The first-order valence-electron chi connectivity index (χ1n) is 5.77. The number of aryl methyl sites for hydroxylation is 1. The van der Waals surface area contributed by atoms with Crippen LogP contribution in [0.2, 0.25) is 0 Å². The van der Waals surface area contributed by atoms with Crippen LogP contribution in [-0.2, 0) is 12.8 Å². The first-order chi connectivity index (χ1) is 8.22. The standard InChI is InChI=1S/C14H16BrNS/c1-2-10-5-3-4-6-11(10)13(16)9-14-12(15)7-8-17-14/h3-8,13H,2,9,16H2,1H3. The molecule has 2 rings (SSSR count). The normalized spacial score (nSPS) is 12.6. The second-order valence-corrected chi connectivity index (χ2v) is 5.91. The van der Waals surface area contributed by atoms with Gasteiger partial charge in [0, 0.05) is 21.8 Å². The van der Waals surface area contributed by atoms with Crippen LogP contribution in [0.15, 0.2) is 40.2 Å². The van der Waals surface area contributed by atoms with Gasteiger partial charge in [-0.3, -0.25) is 0 Å². The van der Waals surface area contributed by atoms with Crippen molar-refractivity contribution in [2.45, 2.75) is 25.8 Å². The van der Waals surface area contributed by atoms with Crippen molar-refractivity contribution in [3.8, 4) is 0 Å². The third-order valence-electron chi connectivity index (χ3n) is 2.93. The molecule has 2 aromatic rings. The average Bonchev–Trinajstić information content (AvgIpc) is 2.75. The van der Waals surface area contributed by atoms with E-state index >= 15 is 0 Å². The van der Waals surface area contributed by atoms with Gasteiger partial charge in [0.05, 0.1) is 0 Å². The topological polar surface area (TPSA) is 26.0 Å². The Bertz CT molecular complexity index is 492. The Kier molecular flexibility index (Phi) is 4.37. The van der Waals surface area contributed by atoms with E-state index < -0.39 is 0 Å². The molecule has 0 fully saturated rings. The fourth-order valence-corrected chi connectivity index (χ4v) is 3.57. The second-order valence-electron chi connectivity index (χ2n) is 4.05. The molecule has 1 nitrogen and oxygen atoms in total. The Morgan fingerprint density at radius 1 is 1.29 bits per heavy atom. The van der Waals surface area contributed by atoms with Gasteiger partial charge < -0.3 is 5.73 Å². The molecule has 2 N–H and O–H groups in total. The summed E-state index contributed by atoms with van der Waals surface area (Å²) in [5, 5.41) is 2.10. The van der Waals surface area contributed by atoms with E-state index in [9.17, 15) is 0 Å². The third kappa shape index (κ3) is 2.97. The molecule has 0 aliphatic carbocycles. The van der Waals surface area contributed by atoms with E-state index in [0.717, 1.165) is 12.8 Å². The van der Waals surface area contributed by atoms with E-state index in [1.807, 2.05) is 0 Å². The Balaban J connectivity index is 2.20. The number of halogens is 1. The van der Waals surface area contributed by atoms with Crippen LogP contribution in [0.4, 0.5) is 0 Å².